The molecule has 4 heteroatoms. The van der Waals surface area contributed by atoms with E-state index in [9.17, 15) is 4.79 Å². The summed E-state index contributed by atoms with van der Waals surface area (Å²) in [6.07, 6.45) is 4.53. The quantitative estimate of drug-likeness (QED) is 0.618. The number of carboxylic acid groups (broad SMARTS) is 1. The second kappa shape index (κ2) is 9.95. The average molecular weight is 274 g/mol. The Bertz CT molecular complexity index is 144. The summed E-state index contributed by atoms with van der Waals surface area (Å²) < 4.78 is 0. The monoisotopic (exact) mass is 273 g/mol. The van der Waals surface area contributed by atoms with E-state index in [4.69, 9.17) is 5.11 Å². The third kappa shape index (κ3) is 18.3. The topological polar surface area (TPSA) is 37.3 Å². The van der Waals surface area contributed by atoms with Crippen molar-refractivity contribution in [1.29, 1.82) is 0 Å². The number of carbonyl (C=O) groups is 1. The Hall–Kier alpha value is 0.418. The number of rotatable bonds is 5. The zero-order chi connectivity index (χ0) is 9.61. The van der Waals surface area contributed by atoms with Gasteiger partial charge in [-0.05, 0) is 18.3 Å². The van der Waals surface area contributed by atoms with Crippen LogP contribution in [0.15, 0.2) is 0 Å². The molecule has 0 amide bonds. The Morgan fingerprint density at radius 1 is 1.14 bits per heavy atom. The maximum Gasteiger partial charge on any atom is 0.303 e. The number of hydrogen-bond donors (Lipinski definition) is 1. The molecule has 1 N–H and O–H groups in total. The smallest absolute Gasteiger partial charge is 0.303 e. The Kier molecular flexibility index (Phi) is 14.2. The van der Waals surface area contributed by atoms with Crippen molar-refractivity contribution < 1.29 is 36.1 Å². The Balaban J connectivity index is -0.000000605. The summed E-state index contributed by atoms with van der Waals surface area (Å²) in [6, 6.07) is 0. The molecule has 0 spiro atoms. The number of aliphatic carboxylic acids is 1. The predicted octanol–water partition coefficient (Wildman–Crippen LogP) is 2.68. The Labute approximate surface area is 109 Å². The molecule has 0 aliphatic carbocycles. The van der Waals surface area contributed by atoms with Gasteiger partial charge in [-0.1, -0.05) is 33.6 Å². The molecule has 2 nitrogen and oxygen atoms in total. The first-order valence-electron chi connectivity index (χ1n) is 4.63. The van der Waals surface area contributed by atoms with Gasteiger partial charge < -0.3 is 5.11 Å². The second-order valence-corrected chi connectivity index (χ2v) is 4.52. The molecule has 0 saturated carbocycles. The predicted molar refractivity (Wildman–Crippen MR) is 55.9 cm³/mol. The van der Waals surface area contributed by atoms with Gasteiger partial charge in [0.2, 0.25) is 0 Å². The van der Waals surface area contributed by atoms with Crippen LogP contribution in [0.2, 0.25) is 0 Å². The Morgan fingerprint density at radius 2 is 1.64 bits per heavy atom. The van der Waals surface area contributed by atoms with E-state index in [-0.39, 0.29) is 34.6 Å². The molecule has 79 valence electrons. The minimum atomic E-state index is -0.675. The molecular formula is C10H20BO2Zr. The van der Waals surface area contributed by atoms with Crippen LogP contribution in [-0.4, -0.2) is 19.5 Å². The van der Waals surface area contributed by atoms with Gasteiger partial charge in [-0.2, -0.15) is 0 Å². The van der Waals surface area contributed by atoms with Crippen molar-refractivity contribution in [1.82, 2.24) is 0 Å². The van der Waals surface area contributed by atoms with Crippen molar-refractivity contribution in [2.75, 3.05) is 0 Å². The fourth-order valence-corrected chi connectivity index (χ4v) is 1.11. The van der Waals surface area contributed by atoms with Crippen LogP contribution in [0.5, 0.6) is 0 Å². The molecular weight excluding hydrogens is 254 g/mol. The van der Waals surface area contributed by atoms with Crippen LogP contribution >= 0.6 is 0 Å². The van der Waals surface area contributed by atoms with Crippen molar-refractivity contribution in [2.24, 2.45) is 5.41 Å². The van der Waals surface area contributed by atoms with E-state index >= 15 is 0 Å². The molecule has 0 heterocycles. The van der Waals surface area contributed by atoms with Crippen molar-refractivity contribution in [3.05, 3.63) is 0 Å². The molecule has 0 bridgehead atoms. The van der Waals surface area contributed by atoms with Gasteiger partial charge in [-0.3, -0.25) is 4.79 Å². The zero-order valence-corrected chi connectivity index (χ0v) is 11.9. The number of unbranched alkanes of at least 4 members (excludes halogenated alkanes) is 2. The number of hydrogen-bond acceptors (Lipinski definition) is 1. The van der Waals surface area contributed by atoms with Crippen LogP contribution in [0.4, 0.5) is 0 Å². The molecule has 0 aromatic rings. The Morgan fingerprint density at radius 3 is 2.00 bits per heavy atom. The van der Waals surface area contributed by atoms with E-state index in [0.29, 0.717) is 11.8 Å². The van der Waals surface area contributed by atoms with E-state index < -0.39 is 5.97 Å². The normalized spacial score (nSPS) is 9.93. The maximum absolute atomic E-state index is 10.2. The van der Waals surface area contributed by atoms with Crippen LogP contribution in [0.25, 0.3) is 0 Å². The van der Waals surface area contributed by atoms with E-state index in [2.05, 4.69) is 20.8 Å². The first-order chi connectivity index (χ1) is 5.42. The SMILES string of the molecule is CC(C)(C)CCCCCC(=O)O.[B].[Zr]. The van der Waals surface area contributed by atoms with E-state index in [1.54, 1.807) is 0 Å². The van der Waals surface area contributed by atoms with Crippen LogP contribution in [0, 0.1) is 5.41 Å². The van der Waals surface area contributed by atoms with Gasteiger partial charge in [0.05, 0.1) is 0 Å². The summed E-state index contributed by atoms with van der Waals surface area (Å²) in [5.41, 5.74) is 0.392. The fourth-order valence-electron chi connectivity index (χ4n) is 1.11. The van der Waals surface area contributed by atoms with Crippen LogP contribution < -0.4 is 0 Å². The van der Waals surface area contributed by atoms with E-state index in [1.807, 2.05) is 0 Å². The average Bonchev–Trinajstić information content (AvgIpc) is 1.83. The van der Waals surface area contributed by atoms with Crippen molar-refractivity contribution in [2.45, 2.75) is 52.9 Å². The minimum Gasteiger partial charge on any atom is -0.481 e. The summed E-state index contributed by atoms with van der Waals surface area (Å²) in [5, 5.41) is 8.37. The first-order valence-corrected chi connectivity index (χ1v) is 4.63. The summed E-state index contributed by atoms with van der Waals surface area (Å²) >= 11 is 0. The molecule has 0 atom stereocenters. The van der Waals surface area contributed by atoms with E-state index in [1.165, 1.54) is 6.42 Å². The molecule has 0 aliphatic heterocycles. The van der Waals surface area contributed by atoms with Crippen LogP contribution in [-0.2, 0) is 31.0 Å². The maximum atomic E-state index is 10.2. The molecule has 0 aliphatic rings. The number of carboxylic acids is 1. The standard InChI is InChI=1S/C10H20O2.B.Zr/c1-10(2,3)8-6-4-5-7-9(11)12;;/h4-8H2,1-3H3,(H,11,12);;. The van der Waals surface area contributed by atoms with Gasteiger partial charge in [0.15, 0.2) is 0 Å². The molecule has 3 radical (unpaired) electrons. The largest absolute Gasteiger partial charge is 0.481 e. The van der Waals surface area contributed by atoms with Crippen molar-refractivity contribution in [3.8, 4) is 0 Å². The first kappa shape index (κ1) is 19.9. The summed E-state index contributed by atoms with van der Waals surface area (Å²) in [7, 11) is 0. The molecule has 0 rings (SSSR count). The van der Waals surface area contributed by atoms with Gasteiger partial charge in [0.1, 0.15) is 0 Å². The van der Waals surface area contributed by atoms with Crippen molar-refractivity contribution >= 4 is 14.4 Å². The summed E-state index contributed by atoms with van der Waals surface area (Å²) in [6.45, 7) is 6.64. The molecule has 0 aromatic heterocycles. The van der Waals surface area contributed by atoms with Crippen LogP contribution in [0.3, 0.4) is 0 Å². The van der Waals surface area contributed by atoms with Crippen molar-refractivity contribution in [3.63, 3.8) is 0 Å². The second-order valence-electron chi connectivity index (χ2n) is 4.52. The van der Waals surface area contributed by atoms with Gasteiger partial charge in [0, 0.05) is 41.0 Å². The fraction of sp³-hybridized carbons (Fsp3) is 0.900. The van der Waals surface area contributed by atoms with Gasteiger partial charge >= 0.3 is 5.97 Å². The molecule has 0 unspecified atom stereocenters. The van der Waals surface area contributed by atoms with Gasteiger partial charge in [-0.15, -0.1) is 0 Å². The van der Waals surface area contributed by atoms with Crippen LogP contribution in [0.1, 0.15) is 52.9 Å². The summed E-state index contributed by atoms with van der Waals surface area (Å²) in [5.74, 6) is -0.675. The van der Waals surface area contributed by atoms with E-state index in [0.717, 1.165) is 19.3 Å². The van der Waals surface area contributed by atoms with Gasteiger partial charge in [0.25, 0.3) is 0 Å². The third-order valence-corrected chi connectivity index (χ3v) is 1.82. The third-order valence-electron chi connectivity index (χ3n) is 1.82. The molecule has 0 aromatic carbocycles. The molecule has 0 fully saturated rings. The summed E-state index contributed by atoms with van der Waals surface area (Å²) in [4.78, 5) is 10.2. The molecule has 0 saturated heterocycles. The minimum absolute atomic E-state index is 0. The zero-order valence-electron chi connectivity index (χ0n) is 9.47. The molecule has 14 heavy (non-hydrogen) atoms. The van der Waals surface area contributed by atoms with Gasteiger partial charge in [-0.25, -0.2) is 0 Å².